The van der Waals surface area contributed by atoms with Crippen LogP contribution in [0.1, 0.15) is 56.6 Å². The SMILES string of the molecule is CC(Cc1cccc(CC2(N)CC2)c1)C(=O)N1CCCCCC1. The fourth-order valence-corrected chi connectivity index (χ4v) is 3.65. The van der Waals surface area contributed by atoms with Crippen LogP contribution >= 0.6 is 0 Å². The van der Waals surface area contributed by atoms with Crippen LogP contribution in [0, 0.1) is 5.92 Å². The number of carbonyl (C=O) groups excluding carboxylic acids is 1. The van der Waals surface area contributed by atoms with E-state index in [1.807, 2.05) is 0 Å². The molecule has 1 unspecified atom stereocenters. The number of hydrogen-bond donors (Lipinski definition) is 1. The van der Waals surface area contributed by atoms with Crippen molar-refractivity contribution < 1.29 is 4.79 Å². The van der Waals surface area contributed by atoms with Crippen molar-refractivity contribution in [2.75, 3.05) is 13.1 Å². The Balaban J connectivity index is 1.59. The lowest BCUT2D eigenvalue weighted by Crippen LogP contribution is -2.36. The highest BCUT2D eigenvalue weighted by atomic mass is 16.2. The van der Waals surface area contributed by atoms with E-state index >= 15 is 0 Å². The third-order valence-electron chi connectivity index (χ3n) is 5.32. The fourth-order valence-electron chi connectivity index (χ4n) is 3.65. The van der Waals surface area contributed by atoms with E-state index in [0.717, 1.165) is 51.6 Å². The van der Waals surface area contributed by atoms with Crippen LogP contribution in [0.5, 0.6) is 0 Å². The molecule has 23 heavy (non-hydrogen) atoms. The van der Waals surface area contributed by atoms with Crippen molar-refractivity contribution in [1.82, 2.24) is 4.90 Å². The standard InChI is InChI=1S/C20H30N2O/c1-16(19(23)22-11-4-2-3-5-12-22)13-17-7-6-8-18(14-17)15-20(21)9-10-20/h6-8,14,16H,2-5,9-13,15,21H2,1H3. The average Bonchev–Trinajstić information content (AvgIpc) is 3.30. The molecule has 1 atom stereocenters. The Hall–Kier alpha value is -1.35. The number of hydrogen-bond acceptors (Lipinski definition) is 2. The number of carbonyl (C=O) groups is 1. The monoisotopic (exact) mass is 314 g/mol. The second-order valence-electron chi connectivity index (χ2n) is 7.70. The van der Waals surface area contributed by atoms with E-state index < -0.39 is 0 Å². The van der Waals surface area contributed by atoms with Crippen LogP contribution in [0.15, 0.2) is 24.3 Å². The molecule has 3 nitrogen and oxygen atoms in total. The molecule has 1 aliphatic carbocycles. The highest BCUT2D eigenvalue weighted by Crippen LogP contribution is 2.35. The summed E-state index contributed by atoms with van der Waals surface area (Å²) < 4.78 is 0. The van der Waals surface area contributed by atoms with Crippen molar-refractivity contribution >= 4 is 5.91 Å². The first kappa shape index (κ1) is 16.5. The molecule has 2 fully saturated rings. The Morgan fingerprint density at radius 1 is 1.17 bits per heavy atom. The molecule has 0 aromatic heterocycles. The van der Waals surface area contributed by atoms with Crippen molar-refractivity contribution in [2.24, 2.45) is 11.7 Å². The van der Waals surface area contributed by atoms with Gasteiger partial charge in [-0.3, -0.25) is 4.79 Å². The Kier molecular flexibility index (Phi) is 5.05. The van der Waals surface area contributed by atoms with Gasteiger partial charge in [0.25, 0.3) is 0 Å². The second-order valence-corrected chi connectivity index (χ2v) is 7.70. The lowest BCUT2D eigenvalue weighted by Gasteiger charge is -2.24. The zero-order valence-electron chi connectivity index (χ0n) is 14.4. The summed E-state index contributed by atoms with van der Waals surface area (Å²) in [6, 6.07) is 8.67. The van der Waals surface area contributed by atoms with Gasteiger partial charge in [0.2, 0.25) is 5.91 Å². The van der Waals surface area contributed by atoms with Crippen LogP contribution in [0.4, 0.5) is 0 Å². The maximum absolute atomic E-state index is 12.7. The Labute approximate surface area is 140 Å². The third-order valence-corrected chi connectivity index (χ3v) is 5.32. The lowest BCUT2D eigenvalue weighted by atomic mass is 9.96. The third kappa shape index (κ3) is 4.57. The van der Waals surface area contributed by atoms with Crippen molar-refractivity contribution in [3.8, 4) is 0 Å². The molecule has 0 bridgehead atoms. The average molecular weight is 314 g/mol. The summed E-state index contributed by atoms with van der Waals surface area (Å²) in [5, 5.41) is 0. The van der Waals surface area contributed by atoms with Crippen molar-refractivity contribution in [3.63, 3.8) is 0 Å². The molecule has 3 rings (SSSR count). The number of amides is 1. The largest absolute Gasteiger partial charge is 0.342 e. The lowest BCUT2D eigenvalue weighted by molar-refractivity contribution is -0.134. The molecular formula is C20H30N2O. The van der Waals surface area contributed by atoms with Gasteiger partial charge < -0.3 is 10.6 Å². The number of nitrogens with zero attached hydrogens (tertiary/aromatic N) is 1. The van der Waals surface area contributed by atoms with Gasteiger partial charge in [-0.25, -0.2) is 0 Å². The highest BCUT2D eigenvalue weighted by Gasteiger charge is 2.37. The van der Waals surface area contributed by atoms with E-state index in [4.69, 9.17) is 5.73 Å². The van der Waals surface area contributed by atoms with Gasteiger partial charge in [-0.1, -0.05) is 44.0 Å². The number of benzene rings is 1. The number of nitrogens with two attached hydrogens (primary N) is 1. The first-order chi connectivity index (χ1) is 11.1. The van der Waals surface area contributed by atoms with Crippen molar-refractivity contribution in [1.29, 1.82) is 0 Å². The molecule has 2 aliphatic rings. The fraction of sp³-hybridized carbons (Fsp3) is 0.650. The normalized spacial score (nSPS) is 21.6. The van der Waals surface area contributed by atoms with Crippen molar-refractivity contribution in [3.05, 3.63) is 35.4 Å². The smallest absolute Gasteiger partial charge is 0.225 e. The molecule has 3 heteroatoms. The van der Waals surface area contributed by atoms with Crippen LogP contribution in [0.25, 0.3) is 0 Å². The predicted molar refractivity (Wildman–Crippen MR) is 94.2 cm³/mol. The van der Waals surface area contributed by atoms with Gasteiger partial charge in [0, 0.05) is 24.5 Å². The van der Waals surface area contributed by atoms with Crippen LogP contribution in [0.2, 0.25) is 0 Å². The Morgan fingerprint density at radius 3 is 2.48 bits per heavy atom. The van der Waals surface area contributed by atoms with E-state index in [2.05, 4.69) is 36.1 Å². The van der Waals surface area contributed by atoms with Gasteiger partial charge in [-0.2, -0.15) is 0 Å². The molecule has 1 saturated heterocycles. The molecule has 1 aromatic carbocycles. The first-order valence-corrected chi connectivity index (χ1v) is 9.21. The van der Waals surface area contributed by atoms with E-state index in [-0.39, 0.29) is 11.5 Å². The molecular weight excluding hydrogens is 284 g/mol. The maximum atomic E-state index is 12.7. The van der Waals surface area contributed by atoms with Crippen LogP contribution in [-0.4, -0.2) is 29.4 Å². The minimum atomic E-state index is 0.0477. The summed E-state index contributed by atoms with van der Waals surface area (Å²) in [7, 11) is 0. The molecule has 0 spiro atoms. The minimum absolute atomic E-state index is 0.0477. The molecule has 1 aliphatic heterocycles. The first-order valence-electron chi connectivity index (χ1n) is 9.21. The van der Waals surface area contributed by atoms with E-state index in [1.54, 1.807) is 0 Å². The highest BCUT2D eigenvalue weighted by molar-refractivity contribution is 5.78. The molecule has 1 heterocycles. The quantitative estimate of drug-likeness (QED) is 0.906. The zero-order valence-corrected chi connectivity index (χ0v) is 14.4. The number of likely N-dealkylation sites (tertiary alicyclic amines) is 1. The minimum Gasteiger partial charge on any atom is -0.342 e. The van der Waals surface area contributed by atoms with E-state index in [1.165, 1.54) is 24.0 Å². The summed E-state index contributed by atoms with van der Waals surface area (Å²) in [6.07, 6.45) is 8.93. The Bertz CT molecular complexity index is 542. The molecule has 126 valence electrons. The van der Waals surface area contributed by atoms with Crippen LogP contribution in [-0.2, 0) is 17.6 Å². The molecule has 1 saturated carbocycles. The molecule has 0 radical (unpaired) electrons. The van der Waals surface area contributed by atoms with E-state index in [9.17, 15) is 4.79 Å². The van der Waals surface area contributed by atoms with Crippen molar-refractivity contribution in [2.45, 2.75) is 63.8 Å². The van der Waals surface area contributed by atoms with E-state index in [0.29, 0.717) is 5.91 Å². The van der Waals surface area contributed by atoms with Crippen LogP contribution < -0.4 is 5.73 Å². The Morgan fingerprint density at radius 2 is 1.83 bits per heavy atom. The summed E-state index contributed by atoms with van der Waals surface area (Å²) in [6.45, 7) is 3.96. The summed E-state index contributed by atoms with van der Waals surface area (Å²) in [4.78, 5) is 14.8. The molecule has 1 aromatic rings. The summed E-state index contributed by atoms with van der Waals surface area (Å²) >= 11 is 0. The number of rotatable bonds is 5. The van der Waals surface area contributed by atoms with Gasteiger partial charge in [0.15, 0.2) is 0 Å². The van der Waals surface area contributed by atoms with Gasteiger partial charge >= 0.3 is 0 Å². The second kappa shape index (κ2) is 7.04. The maximum Gasteiger partial charge on any atom is 0.225 e. The van der Waals surface area contributed by atoms with Gasteiger partial charge in [0.1, 0.15) is 0 Å². The van der Waals surface area contributed by atoms with Gasteiger partial charge in [-0.05, 0) is 49.7 Å². The zero-order chi connectivity index (χ0) is 16.3. The van der Waals surface area contributed by atoms with Crippen LogP contribution in [0.3, 0.4) is 0 Å². The summed E-state index contributed by atoms with van der Waals surface area (Å²) in [5.41, 5.74) is 8.86. The molecule has 2 N–H and O–H groups in total. The van der Waals surface area contributed by atoms with Gasteiger partial charge in [0.05, 0.1) is 0 Å². The van der Waals surface area contributed by atoms with Gasteiger partial charge in [-0.15, -0.1) is 0 Å². The predicted octanol–water partition coefficient (Wildman–Crippen LogP) is 3.30. The summed E-state index contributed by atoms with van der Waals surface area (Å²) in [5.74, 6) is 0.394. The molecule has 1 amide bonds. The topological polar surface area (TPSA) is 46.3 Å².